The Morgan fingerprint density at radius 3 is 2.69 bits per heavy atom. The first kappa shape index (κ1) is 19.7. The molecule has 1 aromatic rings. The molecule has 2 aliphatic heterocycles. The summed E-state index contributed by atoms with van der Waals surface area (Å²) in [7, 11) is 0. The van der Waals surface area contributed by atoms with Crippen LogP contribution >= 0.6 is 0 Å². The SMILES string of the molecule is CCCCN1CCc2cc(C=C3C(=O)NC(=O)N(C4CCCCC4)C3=O)ccc21. The van der Waals surface area contributed by atoms with Crippen molar-refractivity contribution in [2.45, 2.75) is 64.3 Å². The molecular formula is C23H29N3O3. The number of benzene rings is 1. The van der Waals surface area contributed by atoms with Gasteiger partial charge in [0.05, 0.1) is 0 Å². The number of fused-ring (bicyclic) bond motifs is 1. The minimum atomic E-state index is -0.600. The number of anilines is 1. The fraction of sp³-hybridized carbons (Fsp3) is 0.522. The molecule has 1 saturated carbocycles. The Morgan fingerprint density at radius 1 is 1.14 bits per heavy atom. The van der Waals surface area contributed by atoms with Gasteiger partial charge in [0.25, 0.3) is 11.8 Å². The first-order valence-corrected chi connectivity index (χ1v) is 10.9. The van der Waals surface area contributed by atoms with E-state index in [1.165, 1.54) is 29.0 Å². The van der Waals surface area contributed by atoms with Gasteiger partial charge in [-0.3, -0.25) is 19.8 Å². The van der Waals surface area contributed by atoms with Gasteiger partial charge >= 0.3 is 6.03 Å². The number of nitrogens with one attached hydrogen (secondary N) is 1. The number of rotatable bonds is 5. The van der Waals surface area contributed by atoms with Gasteiger partial charge in [-0.05, 0) is 55.0 Å². The third-order valence-corrected chi connectivity index (χ3v) is 6.26. The van der Waals surface area contributed by atoms with E-state index in [4.69, 9.17) is 0 Å². The second kappa shape index (κ2) is 8.39. The van der Waals surface area contributed by atoms with Gasteiger partial charge in [0.1, 0.15) is 5.57 Å². The molecule has 2 heterocycles. The average molecular weight is 396 g/mol. The Labute approximate surface area is 171 Å². The second-order valence-corrected chi connectivity index (χ2v) is 8.26. The molecular weight excluding hydrogens is 366 g/mol. The molecule has 0 radical (unpaired) electrons. The summed E-state index contributed by atoms with van der Waals surface area (Å²) in [4.78, 5) is 41.4. The molecule has 1 N–H and O–H groups in total. The molecule has 2 fully saturated rings. The van der Waals surface area contributed by atoms with Crippen molar-refractivity contribution in [2.24, 2.45) is 0 Å². The lowest BCUT2D eigenvalue weighted by atomic mass is 9.93. The summed E-state index contributed by atoms with van der Waals surface area (Å²) in [6.45, 7) is 4.27. The number of imide groups is 2. The zero-order valence-corrected chi connectivity index (χ0v) is 17.1. The van der Waals surface area contributed by atoms with Gasteiger partial charge < -0.3 is 4.90 Å². The first-order chi connectivity index (χ1) is 14.1. The van der Waals surface area contributed by atoms with Gasteiger partial charge in [-0.25, -0.2) is 4.79 Å². The minimum absolute atomic E-state index is 0.0518. The van der Waals surface area contributed by atoms with Crippen LogP contribution in [0, 0.1) is 0 Å². The predicted molar refractivity (Wildman–Crippen MR) is 113 cm³/mol. The van der Waals surface area contributed by atoms with Crippen molar-refractivity contribution >= 4 is 29.6 Å². The number of carbonyl (C=O) groups excluding carboxylic acids is 3. The number of nitrogens with zero attached hydrogens (tertiary/aromatic N) is 2. The number of carbonyl (C=O) groups is 3. The zero-order chi connectivity index (χ0) is 20.4. The van der Waals surface area contributed by atoms with Crippen LogP contribution < -0.4 is 10.2 Å². The third kappa shape index (κ3) is 3.93. The molecule has 154 valence electrons. The van der Waals surface area contributed by atoms with E-state index in [2.05, 4.69) is 29.3 Å². The van der Waals surface area contributed by atoms with Crippen LogP contribution in [0.1, 0.15) is 63.0 Å². The molecule has 29 heavy (non-hydrogen) atoms. The van der Waals surface area contributed by atoms with E-state index in [1.807, 2.05) is 6.07 Å². The van der Waals surface area contributed by atoms with Crippen molar-refractivity contribution in [1.29, 1.82) is 0 Å². The average Bonchev–Trinajstić information content (AvgIpc) is 3.12. The van der Waals surface area contributed by atoms with Crippen LogP contribution in [0.25, 0.3) is 6.08 Å². The maximum Gasteiger partial charge on any atom is 0.331 e. The molecule has 1 aromatic carbocycles. The number of urea groups is 1. The quantitative estimate of drug-likeness (QED) is 0.610. The number of hydrogen-bond donors (Lipinski definition) is 1. The van der Waals surface area contributed by atoms with Crippen molar-refractivity contribution in [3.8, 4) is 0 Å². The Balaban J connectivity index is 1.57. The van der Waals surface area contributed by atoms with Crippen LogP contribution in [0.5, 0.6) is 0 Å². The van der Waals surface area contributed by atoms with E-state index in [9.17, 15) is 14.4 Å². The molecule has 1 aliphatic carbocycles. The van der Waals surface area contributed by atoms with Crippen LogP contribution in [0.3, 0.4) is 0 Å². The molecule has 4 rings (SSSR count). The Morgan fingerprint density at radius 2 is 1.93 bits per heavy atom. The summed E-state index contributed by atoms with van der Waals surface area (Å²) in [6, 6.07) is 5.41. The van der Waals surface area contributed by atoms with Crippen LogP contribution in [-0.4, -0.2) is 41.9 Å². The summed E-state index contributed by atoms with van der Waals surface area (Å²) in [6.07, 6.45) is 9.72. The topological polar surface area (TPSA) is 69.7 Å². The predicted octanol–water partition coefficient (Wildman–Crippen LogP) is 3.64. The van der Waals surface area contributed by atoms with Crippen LogP contribution in [0.15, 0.2) is 23.8 Å². The van der Waals surface area contributed by atoms with E-state index in [1.54, 1.807) is 6.08 Å². The molecule has 4 amide bonds. The molecule has 0 unspecified atom stereocenters. The Kier molecular flexibility index (Phi) is 5.69. The molecule has 0 spiro atoms. The van der Waals surface area contributed by atoms with Gasteiger partial charge in [-0.1, -0.05) is 38.7 Å². The molecule has 0 atom stereocenters. The van der Waals surface area contributed by atoms with E-state index in [-0.39, 0.29) is 11.6 Å². The molecule has 1 saturated heterocycles. The smallest absolute Gasteiger partial charge is 0.331 e. The number of amides is 4. The fourth-order valence-corrected chi connectivity index (χ4v) is 4.67. The van der Waals surface area contributed by atoms with Crippen LogP contribution in [-0.2, 0) is 16.0 Å². The van der Waals surface area contributed by atoms with Gasteiger partial charge in [-0.2, -0.15) is 0 Å². The highest BCUT2D eigenvalue weighted by molar-refractivity contribution is 6.31. The zero-order valence-electron chi connectivity index (χ0n) is 17.1. The maximum atomic E-state index is 13.0. The second-order valence-electron chi connectivity index (χ2n) is 8.26. The van der Waals surface area contributed by atoms with E-state index in [0.29, 0.717) is 0 Å². The highest BCUT2D eigenvalue weighted by Crippen LogP contribution is 2.31. The summed E-state index contributed by atoms with van der Waals surface area (Å²) in [5.41, 5.74) is 3.38. The van der Waals surface area contributed by atoms with Crippen molar-refractivity contribution in [2.75, 3.05) is 18.0 Å². The summed E-state index contributed by atoms with van der Waals surface area (Å²) < 4.78 is 0. The highest BCUT2D eigenvalue weighted by Gasteiger charge is 2.40. The monoisotopic (exact) mass is 395 g/mol. The molecule has 6 heteroatoms. The lowest BCUT2D eigenvalue weighted by Crippen LogP contribution is -2.58. The summed E-state index contributed by atoms with van der Waals surface area (Å²) >= 11 is 0. The van der Waals surface area contributed by atoms with E-state index in [0.717, 1.165) is 57.2 Å². The third-order valence-electron chi connectivity index (χ3n) is 6.26. The van der Waals surface area contributed by atoms with Gasteiger partial charge in [0.2, 0.25) is 0 Å². The molecule has 6 nitrogen and oxygen atoms in total. The lowest BCUT2D eigenvalue weighted by molar-refractivity contribution is -0.132. The van der Waals surface area contributed by atoms with Gasteiger partial charge in [0.15, 0.2) is 0 Å². The van der Waals surface area contributed by atoms with Crippen molar-refractivity contribution in [1.82, 2.24) is 10.2 Å². The summed E-state index contributed by atoms with van der Waals surface area (Å²) in [5.74, 6) is -1.06. The van der Waals surface area contributed by atoms with Gasteiger partial charge in [-0.15, -0.1) is 0 Å². The number of barbiturate groups is 1. The molecule has 0 bridgehead atoms. The van der Waals surface area contributed by atoms with Crippen molar-refractivity contribution in [3.05, 3.63) is 34.9 Å². The largest absolute Gasteiger partial charge is 0.371 e. The minimum Gasteiger partial charge on any atom is -0.371 e. The summed E-state index contributed by atoms with van der Waals surface area (Å²) in [5, 5.41) is 2.36. The maximum absolute atomic E-state index is 13.0. The first-order valence-electron chi connectivity index (χ1n) is 10.9. The molecule has 0 aromatic heterocycles. The number of hydrogen-bond acceptors (Lipinski definition) is 4. The van der Waals surface area contributed by atoms with Crippen LogP contribution in [0.4, 0.5) is 10.5 Å². The van der Waals surface area contributed by atoms with Crippen molar-refractivity contribution in [3.63, 3.8) is 0 Å². The number of unbranched alkanes of at least 4 members (excludes halogenated alkanes) is 1. The lowest BCUT2D eigenvalue weighted by Gasteiger charge is -2.35. The van der Waals surface area contributed by atoms with E-state index >= 15 is 0 Å². The fourth-order valence-electron chi connectivity index (χ4n) is 4.67. The van der Waals surface area contributed by atoms with E-state index < -0.39 is 17.8 Å². The standard InChI is InChI=1S/C23H29N3O3/c1-2-3-12-25-13-11-17-14-16(9-10-20(17)25)15-19-21(27)24-23(29)26(22(19)28)18-7-5-4-6-8-18/h9-10,14-15,18H,2-8,11-13H2,1H3,(H,24,27,29). The Bertz CT molecular complexity index is 855. The normalized spacial score (nSPS) is 21.7. The molecule has 3 aliphatic rings. The Hall–Kier alpha value is -2.63. The highest BCUT2D eigenvalue weighted by atomic mass is 16.2. The van der Waals surface area contributed by atoms with Crippen molar-refractivity contribution < 1.29 is 14.4 Å². The van der Waals surface area contributed by atoms with Crippen LogP contribution in [0.2, 0.25) is 0 Å². The van der Waals surface area contributed by atoms with Gasteiger partial charge in [0, 0.05) is 24.8 Å².